The highest BCUT2D eigenvalue weighted by Crippen LogP contribution is 2.33. The maximum Gasteiger partial charge on any atom is 0.252 e. The van der Waals surface area contributed by atoms with Gasteiger partial charge in [0.15, 0.2) is 0 Å². The summed E-state index contributed by atoms with van der Waals surface area (Å²) in [5.74, 6) is 0.425. The van der Waals surface area contributed by atoms with Crippen LogP contribution in [0.4, 0.5) is 10.1 Å². The molecule has 2 atom stereocenters. The number of fused-ring (bicyclic) bond motifs is 1. The molecule has 4 heterocycles. The van der Waals surface area contributed by atoms with Gasteiger partial charge in [-0.2, -0.15) is 5.26 Å². The number of piperazine rings is 1. The van der Waals surface area contributed by atoms with E-state index in [4.69, 9.17) is 4.52 Å². The summed E-state index contributed by atoms with van der Waals surface area (Å²) >= 11 is 0. The molecular weight excluding hydrogens is 447 g/mol. The van der Waals surface area contributed by atoms with Crippen molar-refractivity contribution >= 4 is 16.7 Å². The first-order valence-electron chi connectivity index (χ1n) is 11.5. The summed E-state index contributed by atoms with van der Waals surface area (Å²) < 4.78 is 20.5. The smallest absolute Gasteiger partial charge is 0.252 e. The Morgan fingerprint density at radius 3 is 2.60 bits per heavy atom. The van der Waals surface area contributed by atoms with E-state index in [1.165, 1.54) is 12.1 Å². The normalized spacial score (nSPS) is 17.5. The number of rotatable bonds is 4. The molecule has 1 aliphatic rings. The number of hydrogen-bond acceptors (Lipinski definition) is 7. The van der Waals surface area contributed by atoms with Gasteiger partial charge in [0.05, 0.1) is 17.2 Å². The zero-order valence-electron chi connectivity index (χ0n) is 19.8. The Hall–Kier alpha value is -4.03. The standard InChI is InChI=1S/C26H25FN6O2/c1-16-15-32(26(21-12-17(2)35-30-21)18-4-6-19(27)7-5-18)10-11-33(16)23-13-24(34)31(3)22-9-8-20(14-28)29-25(22)23/h4-9,12-13,16,26H,10-11,15H2,1-3H3/t16-,26?/m0/s1. The first-order valence-corrected chi connectivity index (χ1v) is 11.5. The first-order chi connectivity index (χ1) is 16.9. The zero-order valence-corrected chi connectivity index (χ0v) is 19.8. The molecule has 1 saturated heterocycles. The molecule has 9 heteroatoms. The van der Waals surface area contributed by atoms with Crippen LogP contribution in [0.5, 0.6) is 0 Å². The number of benzene rings is 1. The van der Waals surface area contributed by atoms with Crippen LogP contribution >= 0.6 is 0 Å². The van der Waals surface area contributed by atoms with Gasteiger partial charge in [-0.15, -0.1) is 0 Å². The average Bonchev–Trinajstić information content (AvgIpc) is 3.28. The van der Waals surface area contributed by atoms with E-state index in [9.17, 15) is 14.4 Å². The number of anilines is 1. The van der Waals surface area contributed by atoms with Gasteiger partial charge in [0.2, 0.25) is 0 Å². The lowest BCUT2D eigenvalue weighted by atomic mass is 9.99. The maximum atomic E-state index is 13.6. The number of halogens is 1. The van der Waals surface area contributed by atoms with Crippen LogP contribution in [0.15, 0.2) is 57.8 Å². The number of aromatic nitrogens is 3. The van der Waals surface area contributed by atoms with Crippen molar-refractivity contribution < 1.29 is 8.91 Å². The minimum atomic E-state index is -0.288. The van der Waals surface area contributed by atoms with Gasteiger partial charge in [-0.3, -0.25) is 9.69 Å². The van der Waals surface area contributed by atoms with Gasteiger partial charge in [-0.1, -0.05) is 17.3 Å². The van der Waals surface area contributed by atoms with Gasteiger partial charge in [-0.25, -0.2) is 9.37 Å². The molecule has 178 valence electrons. The summed E-state index contributed by atoms with van der Waals surface area (Å²) in [7, 11) is 1.71. The van der Waals surface area contributed by atoms with Crippen molar-refractivity contribution in [3.8, 4) is 6.07 Å². The summed E-state index contributed by atoms with van der Waals surface area (Å²) in [5.41, 5.74) is 3.92. The van der Waals surface area contributed by atoms with E-state index in [1.54, 1.807) is 41.9 Å². The van der Waals surface area contributed by atoms with Crippen molar-refractivity contribution in [3.63, 3.8) is 0 Å². The van der Waals surface area contributed by atoms with Crippen LogP contribution in [0.3, 0.4) is 0 Å². The number of hydrogen-bond donors (Lipinski definition) is 0. The van der Waals surface area contributed by atoms with E-state index in [2.05, 4.69) is 32.9 Å². The van der Waals surface area contributed by atoms with Crippen LogP contribution in [-0.4, -0.2) is 45.3 Å². The van der Waals surface area contributed by atoms with Gasteiger partial charge in [-0.05, 0) is 43.7 Å². The largest absolute Gasteiger partial charge is 0.364 e. The Kier molecular flexibility index (Phi) is 5.83. The predicted molar refractivity (Wildman–Crippen MR) is 130 cm³/mol. The number of nitriles is 1. The minimum absolute atomic E-state index is 0.0301. The second kappa shape index (κ2) is 8.96. The van der Waals surface area contributed by atoms with E-state index in [0.29, 0.717) is 42.1 Å². The Balaban J connectivity index is 1.50. The zero-order chi connectivity index (χ0) is 24.7. The van der Waals surface area contributed by atoms with E-state index in [-0.39, 0.29) is 23.5 Å². The second-order valence-electron chi connectivity index (χ2n) is 8.96. The highest BCUT2D eigenvalue weighted by Gasteiger charge is 2.33. The molecule has 0 amide bonds. The van der Waals surface area contributed by atoms with Gasteiger partial charge in [0.1, 0.15) is 34.6 Å². The molecular formula is C26H25FN6O2. The quantitative estimate of drug-likeness (QED) is 0.449. The molecule has 3 aromatic heterocycles. The summed E-state index contributed by atoms with van der Waals surface area (Å²) in [6, 6.07) is 15.3. The van der Waals surface area contributed by atoms with E-state index < -0.39 is 0 Å². The van der Waals surface area contributed by atoms with Crippen LogP contribution in [0.25, 0.3) is 11.0 Å². The van der Waals surface area contributed by atoms with Crippen LogP contribution in [0.2, 0.25) is 0 Å². The summed E-state index contributed by atoms with van der Waals surface area (Å²) in [6.07, 6.45) is 0. The van der Waals surface area contributed by atoms with Crippen molar-refractivity contribution in [2.24, 2.45) is 7.05 Å². The number of nitrogens with zero attached hydrogens (tertiary/aromatic N) is 6. The van der Waals surface area contributed by atoms with Crippen molar-refractivity contribution in [3.05, 3.63) is 87.4 Å². The third-order valence-electron chi connectivity index (χ3n) is 6.63. The average molecular weight is 473 g/mol. The Morgan fingerprint density at radius 2 is 1.94 bits per heavy atom. The molecule has 35 heavy (non-hydrogen) atoms. The van der Waals surface area contributed by atoms with Gasteiger partial charge >= 0.3 is 0 Å². The van der Waals surface area contributed by atoms with E-state index in [1.807, 2.05) is 13.0 Å². The van der Waals surface area contributed by atoms with E-state index in [0.717, 1.165) is 16.9 Å². The molecule has 0 saturated carbocycles. The minimum Gasteiger partial charge on any atom is -0.364 e. The van der Waals surface area contributed by atoms with Gasteiger partial charge < -0.3 is 14.0 Å². The molecule has 1 unspecified atom stereocenters. The Labute approximate surface area is 201 Å². The van der Waals surface area contributed by atoms with Crippen LogP contribution in [-0.2, 0) is 7.05 Å². The lowest BCUT2D eigenvalue weighted by Gasteiger charge is -2.44. The monoisotopic (exact) mass is 472 g/mol. The van der Waals surface area contributed by atoms with Gasteiger partial charge in [0.25, 0.3) is 5.56 Å². The predicted octanol–water partition coefficient (Wildman–Crippen LogP) is 3.54. The lowest BCUT2D eigenvalue weighted by Crippen LogP contribution is -2.53. The molecule has 0 spiro atoms. The lowest BCUT2D eigenvalue weighted by molar-refractivity contribution is 0.181. The maximum absolute atomic E-state index is 13.6. The molecule has 0 bridgehead atoms. The highest BCUT2D eigenvalue weighted by molar-refractivity contribution is 5.89. The molecule has 4 aromatic rings. The Morgan fingerprint density at radius 1 is 1.17 bits per heavy atom. The van der Waals surface area contributed by atoms with Crippen molar-refractivity contribution in [1.82, 2.24) is 19.6 Å². The molecule has 1 aliphatic heterocycles. The molecule has 5 rings (SSSR count). The highest BCUT2D eigenvalue weighted by atomic mass is 19.1. The van der Waals surface area contributed by atoms with Crippen molar-refractivity contribution in [2.45, 2.75) is 25.9 Å². The topological polar surface area (TPSA) is 91.2 Å². The third-order valence-corrected chi connectivity index (χ3v) is 6.63. The van der Waals surface area contributed by atoms with Crippen LogP contribution in [0, 0.1) is 24.1 Å². The fourth-order valence-electron chi connectivity index (χ4n) is 4.90. The van der Waals surface area contributed by atoms with Crippen LogP contribution in [0.1, 0.15) is 35.7 Å². The Bertz CT molecular complexity index is 1490. The molecule has 0 radical (unpaired) electrons. The first kappa shape index (κ1) is 22.7. The van der Waals surface area contributed by atoms with Crippen LogP contribution < -0.4 is 10.5 Å². The number of aryl methyl sites for hydroxylation is 2. The molecule has 1 aromatic carbocycles. The summed E-state index contributed by atoms with van der Waals surface area (Å²) in [6.45, 7) is 5.92. The third kappa shape index (κ3) is 4.17. The fourth-order valence-corrected chi connectivity index (χ4v) is 4.90. The molecule has 0 aliphatic carbocycles. The second-order valence-corrected chi connectivity index (χ2v) is 8.96. The summed E-state index contributed by atoms with van der Waals surface area (Å²) in [5, 5.41) is 13.6. The fraction of sp³-hybridized carbons (Fsp3) is 0.308. The molecule has 1 fully saturated rings. The number of pyridine rings is 2. The van der Waals surface area contributed by atoms with Crippen molar-refractivity contribution in [1.29, 1.82) is 5.26 Å². The molecule has 8 nitrogen and oxygen atoms in total. The SMILES string of the molecule is Cc1cc(C(c2ccc(F)cc2)N2CCN(c3cc(=O)n(C)c4ccc(C#N)nc34)[C@@H](C)C2)no1. The van der Waals surface area contributed by atoms with Gasteiger partial charge in [0, 0.05) is 44.9 Å². The summed E-state index contributed by atoms with van der Waals surface area (Å²) in [4.78, 5) is 21.7. The van der Waals surface area contributed by atoms with Crippen molar-refractivity contribution in [2.75, 3.05) is 24.5 Å². The van der Waals surface area contributed by atoms with E-state index >= 15 is 0 Å². The molecule has 0 N–H and O–H groups in total.